The number of hydrogen-bond acceptors (Lipinski definition) is 3. The second kappa shape index (κ2) is 6.04. The Bertz CT molecular complexity index is 405. The number of halogens is 1. The summed E-state index contributed by atoms with van der Waals surface area (Å²) in [6, 6.07) is 4.51. The molecule has 0 spiro atoms. The van der Waals surface area contributed by atoms with Gasteiger partial charge in [-0.25, -0.2) is 4.98 Å². The van der Waals surface area contributed by atoms with Gasteiger partial charge in [0.1, 0.15) is 4.60 Å². The highest BCUT2D eigenvalue weighted by Gasteiger charge is 2.18. The Balaban J connectivity index is 1.86. The molecule has 4 heteroatoms. The van der Waals surface area contributed by atoms with E-state index >= 15 is 0 Å². The predicted octanol–water partition coefficient (Wildman–Crippen LogP) is 2.35. The van der Waals surface area contributed by atoms with E-state index in [1.54, 1.807) is 6.20 Å². The molecule has 1 aromatic rings. The molecule has 2 heterocycles. The van der Waals surface area contributed by atoms with Crippen molar-refractivity contribution in [1.29, 1.82) is 0 Å². The van der Waals surface area contributed by atoms with E-state index in [0.717, 1.165) is 42.8 Å². The van der Waals surface area contributed by atoms with E-state index in [-0.39, 0.29) is 0 Å². The van der Waals surface area contributed by atoms with Crippen molar-refractivity contribution in [3.05, 3.63) is 22.9 Å². The fourth-order valence-electron chi connectivity index (χ4n) is 2.08. The Kier molecular flexibility index (Phi) is 4.41. The van der Waals surface area contributed by atoms with E-state index in [1.807, 2.05) is 12.1 Å². The molecule has 2 rings (SSSR count). The number of nitrogens with one attached hydrogen (secondary N) is 1. The molecule has 1 aliphatic rings. The van der Waals surface area contributed by atoms with Gasteiger partial charge < -0.3 is 5.32 Å². The number of terminal acetylenes is 1. The highest BCUT2D eigenvalue weighted by molar-refractivity contribution is 9.10. The highest BCUT2D eigenvalue weighted by atomic mass is 79.9. The Morgan fingerprint density at radius 1 is 1.53 bits per heavy atom. The molecule has 1 aromatic heterocycles. The molecule has 0 amide bonds. The van der Waals surface area contributed by atoms with Crippen molar-refractivity contribution in [3.8, 4) is 12.3 Å². The van der Waals surface area contributed by atoms with Gasteiger partial charge in [0.15, 0.2) is 0 Å². The van der Waals surface area contributed by atoms with Crippen molar-refractivity contribution >= 4 is 21.6 Å². The zero-order valence-corrected chi connectivity index (χ0v) is 11.3. The smallest absolute Gasteiger partial charge is 0.129 e. The van der Waals surface area contributed by atoms with Crippen LogP contribution >= 0.6 is 15.9 Å². The maximum Gasteiger partial charge on any atom is 0.129 e. The zero-order chi connectivity index (χ0) is 12.1. The van der Waals surface area contributed by atoms with Gasteiger partial charge in [-0.1, -0.05) is 5.92 Å². The number of piperidine rings is 1. The minimum Gasteiger partial charge on any atom is -0.380 e. The van der Waals surface area contributed by atoms with E-state index < -0.39 is 0 Å². The first-order valence-corrected chi connectivity index (χ1v) is 6.62. The van der Waals surface area contributed by atoms with Crippen LogP contribution in [-0.2, 0) is 0 Å². The molecule has 90 valence electrons. The van der Waals surface area contributed by atoms with E-state index in [9.17, 15) is 0 Å². The third-order valence-electron chi connectivity index (χ3n) is 3.02. The van der Waals surface area contributed by atoms with Crippen LogP contribution in [0.3, 0.4) is 0 Å². The topological polar surface area (TPSA) is 28.2 Å². The van der Waals surface area contributed by atoms with Crippen LogP contribution in [0.25, 0.3) is 0 Å². The lowest BCUT2D eigenvalue weighted by Gasteiger charge is -2.31. The molecule has 0 saturated carbocycles. The SMILES string of the molecule is C#CCN1CCC(Nc2cccnc2Br)CC1. The van der Waals surface area contributed by atoms with E-state index in [2.05, 4.69) is 37.1 Å². The standard InChI is InChI=1S/C13H16BrN3/c1-2-8-17-9-5-11(6-10-17)16-12-4-3-7-15-13(12)14/h1,3-4,7,11,16H,5-6,8-10H2. The average molecular weight is 294 g/mol. The van der Waals surface area contributed by atoms with Gasteiger partial charge in [-0.15, -0.1) is 6.42 Å². The monoisotopic (exact) mass is 293 g/mol. The largest absolute Gasteiger partial charge is 0.380 e. The van der Waals surface area contributed by atoms with Crippen LogP contribution in [0.5, 0.6) is 0 Å². The molecule has 0 aromatic carbocycles. The minimum absolute atomic E-state index is 0.518. The first-order valence-electron chi connectivity index (χ1n) is 5.82. The van der Waals surface area contributed by atoms with Crippen molar-refractivity contribution < 1.29 is 0 Å². The van der Waals surface area contributed by atoms with Gasteiger partial charge in [-0.3, -0.25) is 4.90 Å². The van der Waals surface area contributed by atoms with Crippen LogP contribution in [0.15, 0.2) is 22.9 Å². The molecular weight excluding hydrogens is 278 g/mol. The van der Waals surface area contributed by atoms with Crippen molar-refractivity contribution in [2.45, 2.75) is 18.9 Å². The van der Waals surface area contributed by atoms with Gasteiger partial charge in [0.05, 0.1) is 12.2 Å². The summed E-state index contributed by atoms with van der Waals surface area (Å²) in [5, 5.41) is 3.52. The molecule has 1 saturated heterocycles. The quantitative estimate of drug-likeness (QED) is 0.685. The summed E-state index contributed by atoms with van der Waals surface area (Å²) in [4.78, 5) is 6.52. The molecule has 17 heavy (non-hydrogen) atoms. The summed E-state index contributed by atoms with van der Waals surface area (Å²) in [5.41, 5.74) is 1.07. The van der Waals surface area contributed by atoms with Gasteiger partial charge in [-0.05, 0) is 40.9 Å². The number of aromatic nitrogens is 1. The number of rotatable bonds is 3. The number of hydrogen-bond donors (Lipinski definition) is 1. The second-order valence-electron chi connectivity index (χ2n) is 4.24. The average Bonchev–Trinajstić information content (AvgIpc) is 2.35. The molecule has 0 unspecified atom stereocenters. The summed E-state index contributed by atoms with van der Waals surface area (Å²) in [7, 11) is 0. The third kappa shape index (κ3) is 3.45. The van der Waals surface area contributed by atoms with E-state index in [0.29, 0.717) is 6.04 Å². The molecule has 3 nitrogen and oxygen atoms in total. The molecule has 1 fully saturated rings. The first kappa shape index (κ1) is 12.4. The maximum atomic E-state index is 5.32. The zero-order valence-electron chi connectivity index (χ0n) is 9.69. The van der Waals surface area contributed by atoms with Gasteiger partial charge in [-0.2, -0.15) is 0 Å². The fraction of sp³-hybridized carbons (Fsp3) is 0.462. The number of pyridine rings is 1. The lowest BCUT2D eigenvalue weighted by molar-refractivity contribution is 0.243. The minimum atomic E-state index is 0.518. The van der Waals surface area contributed by atoms with Gasteiger partial charge in [0.2, 0.25) is 0 Å². The van der Waals surface area contributed by atoms with Crippen molar-refractivity contribution in [3.63, 3.8) is 0 Å². The van der Waals surface area contributed by atoms with Crippen molar-refractivity contribution in [1.82, 2.24) is 9.88 Å². The second-order valence-corrected chi connectivity index (χ2v) is 4.99. The molecule has 0 radical (unpaired) electrons. The Labute approximate surface area is 111 Å². The molecular formula is C13H16BrN3. The molecule has 1 N–H and O–H groups in total. The van der Waals surface area contributed by atoms with Gasteiger partial charge in [0, 0.05) is 25.3 Å². The van der Waals surface area contributed by atoms with Crippen LogP contribution in [0.2, 0.25) is 0 Å². The maximum absolute atomic E-state index is 5.32. The fourth-order valence-corrected chi connectivity index (χ4v) is 2.44. The molecule has 0 bridgehead atoms. The molecule has 0 aliphatic carbocycles. The molecule has 0 atom stereocenters. The van der Waals surface area contributed by atoms with Crippen LogP contribution in [-0.4, -0.2) is 35.6 Å². The lowest BCUT2D eigenvalue weighted by atomic mass is 10.0. The predicted molar refractivity (Wildman–Crippen MR) is 73.9 cm³/mol. The number of likely N-dealkylation sites (tertiary alicyclic amines) is 1. The van der Waals surface area contributed by atoms with Gasteiger partial charge >= 0.3 is 0 Å². The summed E-state index contributed by atoms with van der Waals surface area (Å²) in [5.74, 6) is 2.70. The summed E-state index contributed by atoms with van der Waals surface area (Å²) in [6.45, 7) is 2.91. The van der Waals surface area contributed by atoms with Crippen LogP contribution in [0.4, 0.5) is 5.69 Å². The summed E-state index contributed by atoms with van der Waals surface area (Å²) < 4.78 is 0.881. The molecule has 1 aliphatic heterocycles. The Morgan fingerprint density at radius 2 is 2.29 bits per heavy atom. The Hall–Kier alpha value is -1.05. The normalized spacial score (nSPS) is 17.6. The van der Waals surface area contributed by atoms with Crippen LogP contribution in [0, 0.1) is 12.3 Å². The summed E-state index contributed by atoms with van der Waals surface area (Å²) >= 11 is 3.45. The highest BCUT2D eigenvalue weighted by Crippen LogP contribution is 2.22. The first-order chi connectivity index (χ1) is 8.29. The van der Waals surface area contributed by atoms with E-state index in [1.165, 1.54) is 0 Å². The Morgan fingerprint density at radius 3 is 2.94 bits per heavy atom. The van der Waals surface area contributed by atoms with E-state index in [4.69, 9.17) is 6.42 Å². The van der Waals surface area contributed by atoms with Crippen molar-refractivity contribution in [2.75, 3.05) is 25.0 Å². The summed E-state index contributed by atoms with van der Waals surface area (Å²) in [6.07, 6.45) is 9.35. The van der Waals surface area contributed by atoms with Crippen LogP contribution in [0.1, 0.15) is 12.8 Å². The van der Waals surface area contributed by atoms with Crippen LogP contribution < -0.4 is 5.32 Å². The number of nitrogens with zero attached hydrogens (tertiary/aromatic N) is 2. The van der Waals surface area contributed by atoms with Crippen molar-refractivity contribution in [2.24, 2.45) is 0 Å². The lowest BCUT2D eigenvalue weighted by Crippen LogP contribution is -2.39. The van der Waals surface area contributed by atoms with Gasteiger partial charge in [0.25, 0.3) is 0 Å². The number of anilines is 1. The third-order valence-corrected chi connectivity index (χ3v) is 3.65.